The van der Waals surface area contributed by atoms with Gasteiger partial charge in [0.25, 0.3) is 0 Å². The first-order chi connectivity index (χ1) is 8.66. The smallest absolute Gasteiger partial charge is 0.305 e. The summed E-state index contributed by atoms with van der Waals surface area (Å²) in [5.74, 6) is -1.07. The predicted octanol–water partition coefficient (Wildman–Crippen LogP) is 2.12. The Balaban J connectivity index is 3.19. The Kier molecular flexibility index (Phi) is 11.6. The summed E-state index contributed by atoms with van der Waals surface area (Å²) in [4.78, 5) is 21.5. The number of esters is 1. The lowest BCUT2D eigenvalue weighted by Gasteiger charge is -2.04. The fraction of sp³-hybridized carbons (Fsp3) is 0.846. The summed E-state index contributed by atoms with van der Waals surface area (Å²) in [5.41, 5.74) is 0. The van der Waals surface area contributed by atoms with E-state index in [1.165, 1.54) is 0 Å². The molecule has 0 fully saturated rings. The monoisotopic (exact) mass is 260 g/mol. The van der Waals surface area contributed by atoms with Gasteiger partial charge in [-0.05, 0) is 25.7 Å². The number of carboxylic acids is 1. The SMILES string of the molecule is O=C(O)CCCCC(=O)OCCCCCCCO. The summed E-state index contributed by atoms with van der Waals surface area (Å²) < 4.78 is 5.02. The van der Waals surface area contributed by atoms with Crippen molar-refractivity contribution in [1.82, 2.24) is 0 Å². The Morgan fingerprint density at radius 3 is 2.11 bits per heavy atom. The highest BCUT2D eigenvalue weighted by atomic mass is 16.5. The molecule has 0 aromatic rings. The fourth-order valence-electron chi connectivity index (χ4n) is 1.55. The van der Waals surface area contributed by atoms with E-state index < -0.39 is 5.97 Å². The van der Waals surface area contributed by atoms with Crippen LogP contribution < -0.4 is 0 Å². The Morgan fingerprint density at radius 2 is 1.44 bits per heavy atom. The van der Waals surface area contributed by atoms with Crippen LogP contribution in [-0.2, 0) is 14.3 Å². The van der Waals surface area contributed by atoms with Gasteiger partial charge in [0.1, 0.15) is 0 Å². The van der Waals surface area contributed by atoms with E-state index in [0.717, 1.165) is 32.1 Å². The van der Waals surface area contributed by atoms with Crippen molar-refractivity contribution in [3.8, 4) is 0 Å². The van der Waals surface area contributed by atoms with Crippen molar-refractivity contribution in [2.75, 3.05) is 13.2 Å². The van der Waals surface area contributed by atoms with E-state index in [1.54, 1.807) is 0 Å². The maximum Gasteiger partial charge on any atom is 0.305 e. The van der Waals surface area contributed by atoms with Gasteiger partial charge in [-0.1, -0.05) is 19.3 Å². The minimum absolute atomic E-state index is 0.109. The van der Waals surface area contributed by atoms with Crippen molar-refractivity contribution in [2.24, 2.45) is 0 Å². The van der Waals surface area contributed by atoms with Crippen LogP contribution in [0.25, 0.3) is 0 Å². The molecular formula is C13H24O5. The summed E-state index contributed by atoms with van der Waals surface area (Å²) >= 11 is 0. The molecule has 0 aromatic heterocycles. The molecule has 0 aliphatic carbocycles. The van der Waals surface area contributed by atoms with Crippen LogP contribution in [-0.4, -0.2) is 35.4 Å². The molecule has 0 aromatic carbocycles. The zero-order chi connectivity index (χ0) is 13.6. The van der Waals surface area contributed by atoms with E-state index in [0.29, 0.717) is 25.9 Å². The number of ether oxygens (including phenoxy) is 1. The van der Waals surface area contributed by atoms with Gasteiger partial charge in [0.2, 0.25) is 0 Å². The summed E-state index contributed by atoms with van der Waals surface area (Å²) in [7, 11) is 0. The summed E-state index contributed by atoms with van der Waals surface area (Å²) in [5, 5.41) is 17.0. The minimum atomic E-state index is -0.828. The topological polar surface area (TPSA) is 83.8 Å². The van der Waals surface area contributed by atoms with Crippen molar-refractivity contribution < 1.29 is 24.5 Å². The number of hydrogen-bond donors (Lipinski definition) is 2. The van der Waals surface area contributed by atoms with Gasteiger partial charge in [-0.2, -0.15) is 0 Å². The lowest BCUT2D eigenvalue weighted by atomic mass is 10.1. The van der Waals surface area contributed by atoms with Crippen LogP contribution in [0.2, 0.25) is 0 Å². The lowest BCUT2D eigenvalue weighted by molar-refractivity contribution is -0.144. The van der Waals surface area contributed by atoms with Gasteiger partial charge in [0, 0.05) is 19.4 Å². The quantitative estimate of drug-likeness (QED) is 0.415. The number of carboxylic acid groups (broad SMARTS) is 1. The standard InChI is InChI=1S/C13H24O5/c14-10-6-2-1-3-7-11-18-13(17)9-5-4-8-12(15)16/h14H,1-11H2,(H,15,16). The van der Waals surface area contributed by atoms with Crippen molar-refractivity contribution in [3.63, 3.8) is 0 Å². The van der Waals surface area contributed by atoms with Crippen molar-refractivity contribution >= 4 is 11.9 Å². The third-order valence-electron chi connectivity index (χ3n) is 2.59. The molecule has 0 spiro atoms. The molecule has 0 rings (SSSR count). The van der Waals surface area contributed by atoms with E-state index in [2.05, 4.69) is 0 Å². The zero-order valence-corrected chi connectivity index (χ0v) is 10.9. The van der Waals surface area contributed by atoms with Gasteiger partial charge in [-0.15, -0.1) is 0 Å². The van der Waals surface area contributed by atoms with Crippen LogP contribution >= 0.6 is 0 Å². The summed E-state index contributed by atoms with van der Waals surface area (Å²) in [6.07, 6.45) is 6.27. The minimum Gasteiger partial charge on any atom is -0.481 e. The predicted molar refractivity (Wildman–Crippen MR) is 67.2 cm³/mol. The molecule has 0 atom stereocenters. The molecule has 2 N–H and O–H groups in total. The number of unbranched alkanes of at least 4 members (excludes halogenated alkanes) is 5. The Morgan fingerprint density at radius 1 is 0.833 bits per heavy atom. The first-order valence-corrected chi connectivity index (χ1v) is 6.65. The van der Waals surface area contributed by atoms with E-state index in [4.69, 9.17) is 14.9 Å². The number of carbonyl (C=O) groups is 2. The average Bonchev–Trinajstić information content (AvgIpc) is 2.33. The van der Waals surface area contributed by atoms with Crippen LogP contribution in [0.1, 0.15) is 57.8 Å². The van der Waals surface area contributed by atoms with Crippen LogP contribution in [0.4, 0.5) is 0 Å². The van der Waals surface area contributed by atoms with Crippen molar-refractivity contribution in [1.29, 1.82) is 0 Å². The molecule has 5 nitrogen and oxygen atoms in total. The first-order valence-electron chi connectivity index (χ1n) is 6.65. The van der Waals surface area contributed by atoms with Crippen LogP contribution in [0.5, 0.6) is 0 Å². The number of aliphatic hydroxyl groups excluding tert-OH is 1. The number of rotatable bonds is 12. The summed E-state index contributed by atoms with van der Waals surface area (Å²) in [6, 6.07) is 0. The van der Waals surface area contributed by atoms with E-state index in [1.807, 2.05) is 0 Å². The third-order valence-corrected chi connectivity index (χ3v) is 2.59. The Bertz CT molecular complexity index is 227. The van der Waals surface area contributed by atoms with E-state index in [-0.39, 0.29) is 19.0 Å². The van der Waals surface area contributed by atoms with Gasteiger partial charge in [-0.25, -0.2) is 0 Å². The largest absolute Gasteiger partial charge is 0.481 e. The second-order valence-electron chi connectivity index (χ2n) is 4.31. The molecule has 0 saturated carbocycles. The maximum atomic E-state index is 11.2. The lowest BCUT2D eigenvalue weighted by Crippen LogP contribution is -2.06. The highest BCUT2D eigenvalue weighted by molar-refractivity contribution is 5.69. The van der Waals surface area contributed by atoms with Gasteiger partial charge in [0.15, 0.2) is 0 Å². The third kappa shape index (κ3) is 13.0. The number of carbonyl (C=O) groups excluding carboxylic acids is 1. The molecule has 0 aliphatic rings. The first kappa shape index (κ1) is 16.9. The molecule has 0 bridgehead atoms. The van der Waals surface area contributed by atoms with Crippen LogP contribution in [0, 0.1) is 0 Å². The second kappa shape index (κ2) is 12.4. The second-order valence-corrected chi connectivity index (χ2v) is 4.31. The molecule has 106 valence electrons. The Labute approximate surface area is 108 Å². The van der Waals surface area contributed by atoms with Gasteiger partial charge < -0.3 is 14.9 Å². The molecule has 0 aliphatic heterocycles. The number of aliphatic carboxylic acids is 1. The highest BCUT2D eigenvalue weighted by Gasteiger charge is 2.03. The number of aliphatic hydroxyl groups is 1. The molecule has 0 radical (unpaired) electrons. The Hall–Kier alpha value is -1.10. The zero-order valence-electron chi connectivity index (χ0n) is 10.9. The van der Waals surface area contributed by atoms with Crippen LogP contribution in [0.15, 0.2) is 0 Å². The van der Waals surface area contributed by atoms with Crippen LogP contribution in [0.3, 0.4) is 0 Å². The molecule has 0 amide bonds. The van der Waals surface area contributed by atoms with Crippen molar-refractivity contribution in [3.05, 3.63) is 0 Å². The molecule has 18 heavy (non-hydrogen) atoms. The maximum absolute atomic E-state index is 11.2. The molecule has 0 saturated heterocycles. The molecule has 5 heteroatoms. The van der Waals surface area contributed by atoms with E-state index >= 15 is 0 Å². The molecule has 0 unspecified atom stereocenters. The summed E-state index contributed by atoms with van der Waals surface area (Å²) in [6.45, 7) is 0.683. The van der Waals surface area contributed by atoms with Gasteiger partial charge in [-0.3, -0.25) is 9.59 Å². The van der Waals surface area contributed by atoms with Gasteiger partial charge >= 0.3 is 11.9 Å². The molecular weight excluding hydrogens is 236 g/mol. The van der Waals surface area contributed by atoms with Crippen molar-refractivity contribution in [2.45, 2.75) is 57.8 Å². The molecule has 0 heterocycles. The van der Waals surface area contributed by atoms with Gasteiger partial charge in [0.05, 0.1) is 6.61 Å². The fourth-order valence-corrected chi connectivity index (χ4v) is 1.55. The van der Waals surface area contributed by atoms with E-state index in [9.17, 15) is 9.59 Å². The number of hydrogen-bond acceptors (Lipinski definition) is 4. The highest BCUT2D eigenvalue weighted by Crippen LogP contribution is 2.05. The normalized spacial score (nSPS) is 10.3. The average molecular weight is 260 g/mol.